The molecule has 1 unspecified atom stereocenters. The fourth-order valence-corrected chi connectivity index (χ4v) is 1.70. The molecule has 1 rings (SSSR count). The Morgan fingerprint density at radius 3 is 2.86 bits per heavy atom. The summed E-state index contributed by atoms with van der Waals surface area (Å²) in [5.41, 5.74) is 1.20. The van der Waals surface area contributed by atoms with Gasteiger partial charge in [-0.25, -0.2) is 5.01 Å². The van der Waals surface area contributed by atoms with E-state index in [2.05, 4.69) is 46.8 Å². The van der Waals surface area contributed by atoms with E-state index in [-0.39, 0.29) is 6.17 Å². The third-order valence-corrected chi connectivity index (χ3v) is 2.25. The highest BCUT2D eigenvalue weighted by molar-refractivity contribution is 5.04. The van der Waals surface area contributed by atoms with E-state index < -0.39 is 0 Å². The van der Waals surface area contributed by atoms with Crippen LogP contribution >= 0.6 is 0 Å². The highest BCUT2D eigenvalue weighted by Gasteiger charge is 2.26. The van der Waals surface area contributed by atoms with Crippen LogP contribution in [0.5, 0.6) is 0 Å². The van der Waals surface area contributed by atoms with Crippen LogP contribution in [0.15, 0.2) is 24.0 Å². The first-order chi connectivity index (χ1) is 6.70. The van der Waals surface area contributed by atoms with Gasteiger partial charge in [-0.2, -0.15) is 0 Å². The summed E-state index contributed by atoms with van der Waals surface area (Å²) in [6.07, 6.45) is 6.49. The Morgan fingerprint density at radius 1 is 1.57 bits per heavy atom. The van der Waals surface area contributed by atoms with Gasteiger partial charge in [0.15, 0.2) is 0 Å². The number of hydrogen-bond acceptors (Lipinski definition) is 4. The predicted molar refractivity (Wildman–Crippen MR) is 59.0 cm³/mol. The molecule has 0 amide bonds. The summed E-state index contributed by atoms with van der Waals surface area (Å²) in [4.78, 5) is 0. The molecule has 4 nitrogen and oxygen atoms in total. The largest absolute Gasteiger partial charge is 0.393 e. The molecular weight excluding hydrogens is 176 g/mol. The normalized spacial score (nSPS) is 25.0. The van der Waals surface area contributed by atoms with E-state index in [1.807, 2.05) is 20.2 Å². The molecule has 0 spiro atoms. The Labute approximate surface area is 86.2 Å². The van der Waals surface area contributed by atoms with Gasteiger partial charge in [0.05, 0.1) is 6.67 Å². The van der Waals surface area contributed by atoms with Gasteiger partial charge in [0.1, 0.15) is 6.17 Å². The van der Waals surface area contributed by atoms with Gasteiger partial charge in [-0.15, -0.1) is 0 Å². The number of rotatable bonds is 3. The van der Waals surface area contributed by atoms with Gasteiger partial charge in [0.2, 0.25) is 0 Å². The Morgan fingerprint density at radius 2 is 2.29 bits per heavy atom. The lowest BCUT2D eigenvalue weighted by atomic mass is 10.4. The summed E-state index contributed by atoms with van der Waals surface area (Å²) >= 11 is 0. The molecule has 0 aliphatic carbocycles. The molecule has 0 aromatic heterocycles. The maximum Gasteiger partial charge on any atom is 0.115 e. The van der Waals surface area contributed by atoms with E-state index in [0.29, 0.717) is 0 Å². The molecule has 2 N–H and O–H groups in total. The first-order valence-electron chi connectivity index (χ1n) is 4.91. The Balaban J connectivity index is 2.76. The van der Waals surface area contributed by atoms with E-state index in [1.54, 1.807) is 0 Å². The van der Waals surface area contributed by atoms with Crippen molar-refractivity contribution in [2.24, 2.45) is 0 Å². The van der Waals surface area contributed by atoms with Gasteiger partial charge < -0.3 is 5.32 Å². The zero-order valence-electron chi connectivity index (χ0n) is 9.41. The summed E-state index contributed by atoms with van der Waals surface area (Å²) in [5.74, 6) is 0. The quantitative estimate of drug-likeness (QED) is 0.650. The minimum absolute atomic E-state index is 0.273. The second kappa shape index (κ2) is 5.02. The average Bonchev–Trinajstić information content (AvgIpc) is 2.48. The van der Waals surface area contributed by atoms with Crippen molar-refractivity contribution in [2.45, 2.75) is 20.0 Å². The monoisotopic (exact) mass is 196 g/mol. The van der Waals surface area contributed by atoms with Crippen LogP contribution in [0.3, 0.4) is 0 Å². The van der Waals surface area contributed by atoms with Gasteiger partial charge in [-0.3, -0.25) is 10.3 Å². The molecule has 4 heteroatoms. The zero-order chi connectivity index (χ0) is 10.6. The van der Waals surface area contributed by atoms with Crippen LogP contribution in [0.1, 0.15) is 13.8 Å². The van der Waals surface area contributed by atoms with Gasteiger partial charge in [-0.05, 0) is 13.8 Å². The average molecular weight is 196 g/mol. The third kappa shape index (κ3) is 2.27. The molecule has 80 valence electrons. The smallest absolute Gasteiger partial charge is 0.115 e. The molecule has 1 atom stereocenters. The highest BCUT2D eigenvalue weighted by Crippen LogP contribution is 2.15. The molecule has 0 radical (unpaired) electrons. The first-order valence-corrected chi connectivity index (χ1v) is 4.91. The van der Waals surface area contributed by atoms with E-state index >= 15 is 0 Å². The van der Waals surface area contributed by atoms with Crippen molar-refractivity contribution in [3.63, 3.8) is 0 Å². The van der Waals surface area contributed by atoms with E-state index in [9.17, 15) is 0 Å². The Hall–Kier alpha value is -1.00. The van der Waals surface area contributed by atoms with Crippen molar-refractivity contribution in [2.75, 3.05) is 20.8 Å². The minimum Gasteiger partial charge on any atom is -0.393 e. The standard InChI is InChI=1S/C10H20N4/c1-5-6-10-12-8-13(4)14(10)9(2)7-11-3/h5-7,10-12H,8H2,1-4H3/b6-5-,9-7+. The summed E-state index contributed by atoms with van der Waals surface area (Å²) < 4.78 is 0. The fraction of sp³-hybridized carbons (Fsp3) is 0.600. The van der Waals surface area contributed by atoms with Crippen molar-refractivity contribution in [3.8, 4) is 0 Å². The molecule has 0 aromatic carbocycles. The molecule has 1 aliphatic heterocycles. The third-order valence-electron chi connectivity index (χ3n) is 2.25. The predicted octanol–water partition coefficient (Wildman–Crippen LogP) is 0.679. The number of hydrogen-bond donors (Lipinski definition) is 2. The first kappa shape index (κ1) is 11.1. The number of nitrogens with zero attached hydrogens (tertiary/aromatic N) is 2. The second-order valence-electron chi connectivity index (χ2n) is 3.41. The van der Waals surface area contributed by atoms with Crippen molar-refractivity contribution in [3.05, 3.63) is 24.0 Å². The van der Waals surface area contributed by atoms with E-state index in [1.165, 1.54) is 5.70 Å². The van der Waals surface area contributed by atoms with Crippen molar-refractivity contribution >= 4 is 0 Å². The Bertz CT molecular complexity index is 234. The lowest BCUT2D eigenvalue weighted by molar-refractivity contribution is 0.0768. The van der Waals surface area contributed by atoms with Gasteiger partial charge >= 0.3 is 0 Å². The molecule has 0 bridgehead atoms. The molecule has 0 aromatic rings. The minimum atomic E-state index is 0.273. The molecule has 0 saturated carbocycles. The van der Waals surface area contributed by atoms with Crippen LogP contribution in [0.2, 0.25) is 0 Å². The summed E-state index contributed by atoms with van der Waals surface area (Å²) in [6.45, 7) is 5.01. The fourth-order valence-electron chi connectivity index (χ4n) is 1.70. The van der Waals surface area contributed by atoms with Crippen LogP contribution < -0.4 is 10.6 Å². The number of hydrazine groups is 1. The van der Waals surface area contributed by atoms with Gasteiger partial charge in [0, 0.05) is 26.0 Å². The van der Waals surface area contributed by atoms with Crippen molar-refractivity contribution < 1.29 is 0 Å². The SMILES string of the molecule is C/C=C\C1NCN(C)N1/C(C)=C/NC. The molecule has 1 heterocycles. The highest BCUT2D eigenvalue weighted by atomic mass is 15.7. The molecular formula is C10H20N4. The van der Waals surface area contributed by atoms with Gasteiger partial charge in [-0.1, -0.05) is 12.2 Å². The molecule has 14 heavy (non-hydrogen) atoms. The van der Waals surface area contributed by atoms with Crippen LogP contribution in [-0.4, -0.2) is 36.9 Å². The van der Waals surface area contributed by atoms with Gasteiger partial charge in [0.25, 0.3) is 0 Å². The van der Waals surface area contributed by atoms with Crippen LogP contribution in [0, 0.1) is 0 Å². The molecule has 1 aliphatic rings. The summed E-state index contributed by atoms with van der Waals surface area (Å²) in [5, 5.41) is 10.8. The summed E-state index contributed by atoms with van der Waals surface area (Å²) in [6, 6.07) is 0. The molecule has 1 saturated heterocycles. The van der Waals surface area contributed by atoms with Crippen LogP contribution in [0.25, 0.3) is 0 Å². The number of allylic oxidation sites excluding steroid dienone is 2. The van der Waals surface area contributed by atoms with Crippen LogP contribution in [0.4, 0.5) is 0 Å². The number of nitrogens with one attached hydrogen (secondary N) is 2. The van der Waals surface area contributed by atoms with E-state index in [4.69, 9.17) is 0 Å². The molecule has 1 fully saturated rings. The lowest BCUT2D eigenvalue weighted by Gasteiger charge is -2.29. The second-order valence-corrected chi connectivity index (χ2v) is 3.41. The van der Waals surface area contributed by atoms with Crippen molar-refractivity contribution in [1.29, 1.82) is 0 Å². The van der Waals surface area contributed by atoms with Crippen LogP contribution in [-0.2, 0) is 0 Å². The zero-order valence-corrected chi connectivity index (χ0v) is 9.41. The lowest BCUT2D eigenvalue weighted by Crippen LogP contribution is -2.38. The maximum absolute atomic E-state index is 3.39. The van der Waals surface area contributed by atoms with E-state index in [0.717, 1.165) is 6.67 Å². The Kier molecular flexibility index (Phi) is 3.98. The summed E-state index contributed by atoms with van der Waals surface area (Å²) in [7, 11) is 3.99. The maximum atomic E-state index is 3.39. The van der Waals surface area contributed by atoms with Crippen molar-refractivity contribution in [1.82, 2.24) is 20.7 Å². The topological polar surface area (TPSA) is 30.5 Å².